The van der Waals surface area contributed by atoms with E-state index in [0.717, 1.165) is 47.8 Å². The van der Waals surface area contributed by atoms with Gasteiger partial charge in [-0.3, -0.25) is 4.90 Å². The Labute approximate surface area is 177 Å². The van der Waals surface area contributed by atoms with E-state index in [2.05, 4.69) is 28.1 Å². The average Bonchev–Trinajstić information content (AvgIpc) is 2.80. The topological polar surface area (TPSA) is 73.5 Å². The highest BCUT2D eigenvalue weighted by atomic mass is 16.5. The number of methoxy groups -OCH3 is 2. The minimum Gasteiger partial charge on any atom is -0.497 e. The fourth-order valence-corrected chi connectivity index (χ4v) is 4.13. The summed E-state index contributed by atoms with van der Waals surface area (Å²) < 4.78 is 10.7. The minimum absolute atomic E-state index is 0.187. The second-order valence-electron chi connectivity index (χ2n) is 7.59. The number of benzene rings is 2. The van der Waals surface area contributed by atoms with Gasteiger partial charge in [-0.15, -0.1) is 0 Å². The molecule has 1 saturated heterocycles. The lowest BCUT2D eigenvalue weighted by molar-refractivity contribution is 0.137. The Hall–Kier alpha value is -3.12. The third-order valence-electron chi connectivity index (χ3n) is 5.69. The first kappa shape index (κ1) is 20.2. The first-order valence-corrected chi connectivity index (χ1v) is 10.3. The van der Waals surface area contributed by atoms with Crippen molar-refractivity contribution in [3.05, 3.63) is 66.0 Å². The van der Waals surface area contributed by atoms with Crippen molar-refractivity contribution < 1.29 is 9.47 Å². The normalized spacial score (nSPS) is 16.9. The van der Waals surface area contributed by atoms with Crippen LogP contribution < -0.4 is 15.2 Å². The highest BCUT2D eigenvalue weighted by Gasteiger charge is 2.28. The second kappa shape index (κ2) is 9.13. The molecule has 1 fully saturated rings. The maximum Gasteiger partial charge on any atom is 0.220 e. The maximum absolute atomic E-state index is 6.02. The van der Waals surface area contributed by atoms with Crippen molar-refractivity contribution in [1.29, 1.82) is 0 Å². The van der Waals surface area contributed by atoms with Crippen molar-refractivity contribution in [1.82, 2.24) is 14.9 Å². The molecule has 1 aromatic heterocycles. The summed E-state index contributed by atoms with van der Waals surface area (Å²) in [6.07, 6.45) is 5.24. The number of likely N-dealkylation sites (tertiary alicyclic amines) is 1. The summed E-state index contributed by atoms with van der Waals surface area (Å²) in [5, 5.41) is 0. The third-order valence-corrected chi connectivity index (χ3v) is 5.69. The van der Waals surface area contributed by atoms with Gasteiger partial charge in [0.15, 0.2) is 0 Å². The molecule has 0 bridgehead atoms. The Kier molecular flexibility index (Phi) is 6.14. The number of rotatable bonds is 6. The van der Waals surface area contributed by atoms with Crippen molar-refractivity contribution >= 4 is 5.95 Å². The molecule has 6 nitrogen and oxygen atoms in total. The van der Waals surface area contributed by atoms with E-state index < -0.39 is 0 Å². The lowest BCUT2D eigenvalue weighted by Crippen LogP contribution is -2.34. The molecule has 0 unspecified atom stereocenters. The Morgan fingerprint density at radius 2 is 1.83 bits per heavy atom. The van der Waals surface area contributed by atoms with Gasteiger partial charge in [-0.2, -0.15) is 0 Å². The van der Waals surface area contributed by atoms with Gasteiger partial charge in [0, 0.05) is 18.3 Å². The fourth-order valence-electron chi connectivity index (χ4n) is 4.13. The van der Waals surface area contributed by atoms with Crippen LogP contribution >= 0.6 is 0 Å². The number of nitrogen functional groups attached to an aromatic ring is 1. The SMILES string of the molecule is COc1ccc(CN2CCCC[C@@H]2c2nc(N)ncc2-c2cccc(OC)c2)cc1. The van der Waals surface area contributed by atoms with Gasteiger partial charge in [0.1, 0.15) is 11.5 Å². The van der Waals surface area contributed by atoms with E-state index in [1.54, 1.807) is 14.2 Å². The summed E-state index contributed by atoms with van der Waals surface area (Å²) in [6, 6.07) is 16.5. The van der Waals surface area contributed by atoms with Gasteiger partial charge in [-0.25, -0.2) is 9.97 Å². The highest BCUT2D eigenvalue weighted by Crippen LogP contribution is 2.37. The van der Waals surface area contributed by atoms with Crippen LogP contribution in [0.1, 0.15) is 36.6 Å². The molecule has 1 atom stereocenters. The molecule has 0 radical (unpaired) electrons. The Morgan fingerprint density at radius 1 is 1.03 bits per heavy atom. The number of anilines is 1. The van der Waals surface area contributed by atoms with Gasteiger partial charge in [0.25, 0.3) is 0 Å². The lowest BCUT2D eigenvalue weighted by atomic mass is 9.93. The van der Waals surface area contributed by atoms with E-state index in [4.69, 9.17) is 20.2 Å². The first-order chi connectivity index (χ1) is 14.7. The first-order valence-electron chi connectivity index (χ1n) is 10.3. The Bertz CT molecular complexity index is 991. The minimum atomic E-state index is 0.187. The van der Waals surface area contributed by atoms with E-state index >= 15 is 0 Å². The van der Waals surface area contributed by atoms with E-state index in [1.165, 1.54) is 18.4 Å². The monoisotopic (exact) mass is 404 g/mol. The molecule has 1 aliphatic heterocycles. The van der Waals surface area contributed by atoms with Gasteiger partial charge < -0.3 is 15.2 Å². The van der Waals surface area contributed by atoms with Crippen LogP contribution in [-0.4, -0.2) is 35.6 Å². The molecule has 2 N–H and O–H groups in total. The second-order valence-corrected chi connectivity index (χ2v) is 7.59. The molecule has 30 heavy (non-hydrogen) atoms. The standard InChI is InChI=1S/C24H28N4O2/c1-29-19-11-9-17(10-12-19)16-28-13-4-3-8-22(28)23-21(15-26-24(25)27-23)18-6-5-7-20(14-18)30-2/h5-7,9-12,14-15,22H,3-4,8,13,16H2,1-2H3,(H2,25,26,27)/t22-/m1/s1. The Balaban J connectivity index is 1.68. The van der Waals surface area contributed by atoms with Crippen LogP contribution in [0, 0.1) is 0 Å². The number of ether oxygens (including phenoxy) is 2. The summed E-state index contributed by atoms with van der Waals surface area (Å²) in [4.78, 5) is 11.5. The van der Waals surface area contributed by atoms with Gasteiger partial charge >= 0.3 is 0 Å². The number of nitrogens with two attached hydrogens (primary N) is 1. The van der Waals surface area contributed by atoms with E-state index in [0.29, 0.717) is 5.95 Å². The molecule has 2 aromatic carbocycles. The number of piperidine rings is 1. The zero-order chi connectivity index (χ0) is 20.9. The summed E-state index contributed by atoms with van der Waals surface area (Å²) in [7, 11) is 3.37. The van der Waals surface area contributed by atoms with Gasteiger partial charge in [-0.1, -0.05) is 30.7 Å². The molecule has 156 valence electrons. The Morgan fingerprint density at radius 3 is 2.60 bits per heavy atom. The summed E-state index contributed by atoms with van der Waals surface area (Å²) in [6.45, 7) is 1.88. The summed E-state index contributed by atoms with van der Waals surface area (Å²) in [5.41, 5.74) is 10.3. The lowest BCUT2D eigenvalue weighted by Gasteiger charge is -2.36. The van der Waals surface area contributed by atoms with Crippen LogP contribution in [-0.2, 0) is 6.54 Å². The van der Waals surface area contributed by atoms with Crippen molar-refractivity contribution in [2.45, 2.75) is 31.8 Å². The maximum atomic E-state index is 6.02. The van der Waals surface area contributed by atoms with Crippen molar-refractivity contribution in [3.8, 4) is 22.6 Å². The predicted molar refractivity (Wildman–Crippen MR) is 118 cm³/mol. The smallest absolute Gasteiger partial charge is 0.220 e. The van der Waals surface area contributed by atoms with Crippen LogP contribution in [0.15, 0.2) is 54.7 Å². The van der Waals surface area contributed by atoms with Gasteiger partial charge in [0.05, 0.1) is 26.0 Å². The van der Waals surface area contributed by atoms with Gasteiger partial charge in [-0.05, 0) is 54.8 Å². The molecule has 4 rings (SSSR count). The summed E-state index contributed by atoms with van der Waals surface area (Å²) >= 11 is 0. The zero-order valence-corrected chi connectivity index (χ0v) is 17.5. The quantitative estimate of drug-likeness (QED) is 0.653. The van der Waals surface area contributed by atoms with Crippen molar-refractivity contribution in [2.24, 2.45) is 0 Å². The highest BCUT2D eigenvalue weighted by molar-refractivity contribution is 5.67. The van der Waals surface area contributed by atoms with Crippen LogP contribution in [0.4, 0.5) is 5.95 Å². The molecule has 0 aliphatic carbocycles. The molecule has 0 amide bonds. The van der Waals surface area contributed by atoms with Crippen LogP contribution in [0.5, 0.6) is 11.5 Å². The van der Waals surface area contributed by atoms with E-state index in [1.807, 2.05) is 36.5 Å². The molecule has 6 heteroatoms. The predicted octanol–water partition coefficient (Wildman–Crippen LogP) is 4.47. The number of aromatic nitrogens is 2. The zero-order valence-electron chi connectivity index (χ0n) is 17.5. The van der Waals surface area contributed by atoms with Crippen molar-refractivity contribution in [2.75, 3.05) is 26.5 Å². The van der Waals surface area contributed by atoms with Crippen LogP contribution in [0.2, 0.25) is 0 Å². The molecular weight excluding hydrogens is 376 g/mol. The molecule has 0 spiro atoms. The molecule has 3 aromatic rings. The third kappa shape index (κ3) is 4.39. The van der Waals surface area contributed by atoms with Gasteiger partial charge in [0.2, 0.25) is 5.95 Å². The van der Waals surface area contributed by atoms with Crippen LogP contribution in [0.25, 0.3) is 11.1 Å². The van der Waals surface area contributed by atoms with E-state index in [-0.39, 0.29) is 6.04 Å². The number of hydrogen-bond acceptors (Lipinski definition) is 6. The number of hydrogen-bond donors (Lipinski definition) is 1. The molecule has 1 aliphatic rings. The number of nitrogens with zero attached hydrogens (tertiary/aromatic N) is 3. The van der Waals surface area contributed by atoms with Crippen LogP contribution in [0.3, 0.4) is 0 Å². The molecule has 0 saturated carbocycles. The van der Waals surface area contributed by atoms with Crippen molar-refractivity contribution in [3.63, 3.8) is 0 Å². The largest absolute Gasteiger partial charge is 0.497 e. The van der Waals surface area contributed by atoms with E-state index in [9.17, 15) is 0 Å². The summed E-state index contributed by atoms with van der Waals surface area (Å²) in [5.74, 6) is 2.00. The molecule has 2 heterocycles. The average molecular weight is 405 g/mol. The molecular formula is C24H28N4O2. The fraction of sp³-hybridized carbons (Fsp3) is 0.333.